The van der Waals surface area contributed by atoms with Crippen LogP contribution in [0.4, 0.5) is 0 Å². The molecule has 1 aromatic heterocycles. The normalized spacial score (nSPS) is 14.2. The van der Waals surface area contributed by atoms with E-state index in [1.165, 1.54) is 5.56 Å². The van der Waals surface area contributed by atoms with Gasteiger partial charge in [0, 0.05) is 0 Å². The fourth-order valence-electron chi connectivity index (χ4n) is 2.63. The van der Waals surface area contributed by atoms with E-state index in [4.69, 9.17) is 0 Å². The Kier molecular flexibility index (Phi) is 3.62. The lowest BCUT2D eigenvalue weighted by Crippen LogP contribution is -2.12. The van der Waals surface area contributed by atoms with Crippen molar-refractivity contribution in [2.45, 2.75) is 19.4 Å². The third-order valence-corrected chi connectivity index (χ3v) is 3.82. The Hall–Kier alpha value is -2.33. The smallest absolute Gasteiger partial charge is 0.116 e. The first-order chi connectivity index (χ1) is 10.1. The van der Waals surface area contributed by atoms with Gasteiger partial charge in [0.1, 0.15) is 5.75 Å². The first-order valence-electron chi connectivity index (χ1n) is 7.01. The predicted octanol–water partition coefficient (Wildman–Crippen LogP) is 3.18. The van der Waals surface area contributed by atoms with E-state index in [0.717, 1.165) is 22.9 Å². The van der Waals surface area contributed by atoms with E-state index in [1.54, 1.807) is 24.7 Å². The van der Waals surface area contributed by atoms with Gasteiger partial charge in [-0.25, -0.2) is 4.98 Å². The van der Waals surface area contributed by atoms with Gasteiger partial charge < -0.3 is 15.2 Å². The molecule has 4 heteroatoms. The molecule has 2 atom stereocenters. The molecule has 3 aromatic rings. The third kappa shape index (κ3) is 2.90. The Morgan fingerprint density at radius 2 is 1.90 bits per heavy atom. The molecule has 0 aliphatic carbocycles. The topological polar surface area (TPSA) is 69.1 Å². The summed E-state index contributed by atoms with van der Waals surface area (Å²) >= 11 is 0. The molecule has 0 saturated heterocycles. The van der Waals surface area contributed by atoms with E-state index in [0.29, 0.717) is 0 Å². The van der Waals surface area contributed by atoms with Crippen LogP contribution < -0.4 is 0 Å². The molecule has 0 fully saturated rings. The molecule has 0 spiro atoms. The summed E-state index contributed by atoms with van der Waals surface area (Å²) in [5, 5.41) is 21.9. The quantitative estimate of drug-likeness (QED) is 0.688. The van der Waals surface area contributed by atoms with Gasteiger partial charge in [0.15, 0.2) is 0 Å². The van der Waals surface area contributed by atoms with Gasteiger partial charge in [-0.15, -0.1) is 0 Å². The van der Waals surface area contributed by atoms with E-state index in [1.807, 2.05) is 25.1 Å². The Morgan fingerprint density at radius 3 is 2.67 bits per heavy atom. The fourth-order valence-corrected chi connectivity index (χ4v) is 2.63. The Labute approximate surface area is 123 Å². The number of rotatable bonds is 4. The number of aliphatic hydroxyl groups excluding tert-OH is 1. The third-order valence-electron chi connectivity index (χ3n) is 3.82. The number of aromatic amines is 1. The van der Waals surface area contributed by atoms with Crippen molar-refractivity contribution in [2.24, 2.45) is 5.92 Å². The summed E-state index contributed by atoms with van der Waals surface area (Å²) in [6.07, 6.45) is 3.46. The Balaban J connectivity index is 1.79. The minimum atomic E-state index is -0.553. The van der Waals surface area contributed by atoms with Gasteiger partial charge in [0.25, 0.3) is 0 Å². The van der Waals surface area contributed by atoms with E-state index < -0.39 is 6.10 Å². The number of fused-ring (bicyclic) bond motifs is 1. The largest absolute Gasteiger partial charge is 0.508 e. The molecule has 1 heterocycles. The molecule has 3 N–H and O–H groups in total. The maximum absolute atomic E-state index is 10.3. The van der Waals surface area contributed by atoms with Gasteiger partial charge in [-0.1, -0.05) is 31.2 Å². The summed E-state index contributed by atoms with van der Waals surface area (Å²) in [5.41, 5.74) is 1.91. The van der Waals surface area contributed by atoms with Gasteiger partial charge in [-0.05, 0) is 40.8 Å². The zero-order valence-corrected chi connectivity index (χ0v) is 11.8. The van der Waals surface area contributed by atoms with E-state index in [2.05, 4.69) is 16.0 Å². The van der Waals surface area contributed by atoms with Crippen LogP contribution in [-0.4, -0.2) is 20.2 Å². The van der Waals surface area contributed by atoms with Crippen molar-refractivity contribution < 1.29 is 10.2 Å². The highest BCUT2D eigenvalue weighted by molar-refractivity contribution is 5.84. The minimum Gasteiger partial charge on any atom is -0.508 e. The van der Waals surface area contributed by atoms with E-state index in [9.17, 15) is 10.2 Å². The second-order valence-electron chi connectivity index (χ2n) is 5.50. The Bertz CT molecular complexity index is 738. The van der Waals surface area contributed by atoms with Gasteiger partial charge in [0.2, 0.25) is 0 Å². The average Bonchev–Trinajstić information content (AvgIpc) is 3.00. The Morgan fingerprint density at radius 1 is 1.14 bits per heavy atom. The van der Waals surface area contributed by atoms with Gasteiger partial charge >= 0.3 is 0 Å². The number of nitrogens with zero attached hydrogens (tertiary/aromatic N) is 1. The summed E-state index contributed by atoms with van der Waals surface area (Å²) in [6.45, 7) is 2.02. The number of nitrogens with one attached hydrogen (secondary N) is 1. The average molecular weight is 282 g/mol. The molecule has 0 aliphatic rings. The molecule has 0 amide bonds. The fraction of sp³-hybridized carbons (Fsp3) is 0.235. The van der Waals surface area contributed by atoms with Crippen LogP contribution in [0.5, 0.6) is 5.75 Å². The van der Waals surface area contributed by atoms with Crippen LogP contribution >= 0.6 is 0 Å². The van der Waals surface area contributed by atoms with Crippen LogP contribution in [0.3, 0.4) is 0 Å². The van der Waals surface area contributed by atoms with Gasteiger partial charge in [-0.3, -0.25) is 0 Å². The molecule has 2 unspecified atom stereocenters. The monoisotopic (exact) mass is 282 g/mol. The van der Waals surface area contributed by atoms with Crippen LogP contribution in [0.1, 0.15) is 24.3 Å². The first kappa shape index (κ1) is 13.6. The van der Waals surface area contributed by atoms with Crippen molar-refractivity contribution in [3.05, 3.63) is 60.2 Å². The van der Waals surface area contributed by atoms with E-state index >= 15 is 0 Å². The molecule has 2 aromatic carbocycles. The van der Waals surface area contributed by atoms with Crippen LogP contribution in [0.25, 0.3) is 10.8 Å². The number of H-pyrrole nitrogens is 1. The van der Waals surface area contributed by atoms with Crippen LogP contribution in [0.15, 0.2) is 48.9 Å². The summed E-state index contributed by atoms with van der Waals surface area (Å²) < 4.78 is 0. The van der Waals surface area contributed by atoms with Crippen molar-refractivity contribution in [3.63, 3.8) is 0 Å². The highest BCUT2D eigenvalue weighted by Crippen LogP contribution is 2.26. The first-order valence-corrected chi connectivity index (χ1v) is 7.01. The minimum absolute atomic E-state index is 0.0833. The number of aromatic nitrogens is 2. The molecule has 0 aliphatic heterocycles. The standard InChI is InChI=1S/C17H18N2O2/c1-11(17(21)16-9-18-10-19-16)6-12-2-3-14-8-15(20)5-4-13(14)7-12/h2-5,7-11,17,20-21H,6H2,1H3,(H,18,19). The summed E-state index contributed by atoms with van der Waals surface area (Å²) in [5.74, 6) is 0.360. The molecule has 4 nitrogen and oxygen atoms in total. The molecule has 0 radical (unpaired) electrons. The zero-order chi connectivity index (χ0) is 14.8. The summed E-state index contributed by atoms with van der Waals surface area (Å²) in [7, 11) is 0. The maximum Gasteiger partial charge on any atom is 0.116 e. The summed E-state index contributed by atoms with van der Waals surface area (Å²) in [6, 6.07) is 11.5. The van der Waals surface area contributed by atoms with Crippen molar-refractivity contribution in [1.82, 2.24) is 9.97 Å². The molecule has 0 bridgehead atoms. The van der Waals surface area contributed by atoms with Gasteiger partial charge in [-0.2, -0.15) is 0 Å². The lowest BCUT2D eigenvalue weighted by Gasteiger charge is -2.17. The highest BCUT2D eigenvalue weighted by Gasteiger charge is 2.18. The summed E-state index contributed by atoms with van der Waals surface area (Å²) in [4.78, 5) is 6.89. The number of hydrogen-bond donors (Lipinski definition) is 3. The molecule has 21 heavy (non-hydrogen) atoms. The van der Waals surface area contributed by atoms with Crippen LogP contribution in [0, 0.1) is 5.92 Å². The van der Waals surface area contributed by atoms with E-state index in [-0.39, 0.29) is 11.7 Å². The second kappa shape index (κ2) is 5.58. The molecular formula is C17H18N2O2. The number of hydrogen-bond acceptors (Lipinski definition) is 3. The molecule has 0 saturated carbocycles. The lowest BCUT2D eigenvalue weighted by atomic mass is 9.93. The highest BCUT2D eigenvalue weighted by atomic mass is 16.3. The predicted molar refractivity (Wildman–Crippen MR) is 82.0 cm³/mol. The molecule has 3 rings (SSSR count). The number of phenolic OH excluding ortho intramolecular Hbond substituents is 1. The van der Waals surface area contributed by atoms with Crippen LogP contribution in [-0.2, 0) is 6.42 Å². The second-order valence-corrected chi connectivity index (χ2v) is 5.50. The molecule has 108 valence electrons. The van der Waals surface area contributed by atoms with Crippen molar-refractivity contribution in [3.8, 4) is 5.75 Å². The zero-order valence-electron chi connectivity index (χ0n) is 11.8. The van der Waals surface area contributed by atoms with Crippen molar-refractivity contribution in [1.29, 1.82) is 0 Å². The lowest BCUT2D eigenvalue weighted by molar-refractivity contribution is 0.114. The van der Waals surface area contributed by atoms with Gasteiger partial charge in [0.05, 0.1) is 24.3 Å². The number of phenols is 1. The molecular weight excluding hydrogens is 264 g/mol. The van der Waals surface area contributed by atoms with Crippen LogP contribution in [0.2, 0.25) is 0 Å². The maximum atomic E-state index is 10.3. The van der Waals surface area contributed by atoms with Crippen molar-refractivity contribution >= 4 is 10.8 Å². The number of aromatic hydroxyl groups is 1. The van der Waals surface area contributed by atoms with Crippen molar-refractivity contribution in [2.75, 3.05) is 0 Å². The number of imidazole rings is 1. The SMILES string of the molecule is CC(Cc1ccc2cc(O)ccc2c1)C(O)c1cnc[nH]1. The number of benzene rings is 2. The number of aliphatic hydroxyl groups is 1.